The van der Waals surface area contributed by atoms with Gasteiger partial charge in [-0.1, -0.05) is 6.92 Å². The molecule has 1 atom stereocenters. The third-order valence-corrected chi connectivity index (χ3v) is 3.58. The lowest BCUT2D eigenvalue weighted by Crippen LogP contribution is -2.40. The highest BCUT2D eigenvalue weighted by Gasteiger charge is 2.24. The Morgan fingerprint density at radius 1 is 1.39 bits per heavy atom. The molecule has 100 valence electrons. The summed E-state index contributed by atoms with van der Waals surface area (Å²) < 4.78 is 0. The van der Waals surface area contributed by atoms with Crippen molar-refractivity contribution in [3.05, 3.63) is 6.33 Å². The highest BCUT2D eigenvalue weighted by atomic mass is 15.2. The molecule has 1 aliphatic heterocycles. The van der Waals surface area contributed by atoms with Gasteiger partial charge in [0.15, 0.2) is 11.6 Å². The van der Waals surface area contributed by atoms with E-state index in [0.29, 0.717) is 11.7 Å². The first-order valence-electron chi connectivity index (χ1n) is 6.88. The number of piperidine rings is 1. The summed E-state index contributed by atoms with van der Waals surface area (Å²) in [6.45, 7) is 6.13. The number of aromatic nitrogens is 2. The van der Waals surface area contributed by atoms with Crippen LogP contribution in [0.5, 0.6) is 0 Å². The van der Waals surface area contributed by atoms with Crippen LogP contribution < -0.4 is 16.0 Å². The van der Waals surface area contributed by atoms with Crippen LogP contribution in [0.15, 0.2) is 6.33 Å². The van der Waals surface area contributed by atoms with Crippen molar-refractivity contribution < 1.29 is 0 Å². The fourth-order valence-corrected chi connectivity index (χ4v) is 2.63. The van der Waals surface area contributed by atoms with Gasteiger partial charge in [0.25, 0.3) is 0 Å². The monoisotopic (exact) mass is 249 g/mol. The number of hydrogen-bond donors (Lipinski definition) is 2. The maximum atomic E-state index is 6.19. The summed E-state index contributed by atoms with van der Waals surface area (Å²) in [5.41, 5.74) is 6.87. The second-order valence-electron chi connectivity index (χ2n) is 4.74. The molecule has 2 heterocycles. The van der Waals surface area contributed by atoms with Gasteiger partial charge < -0.3 is 16.0 Å². The SMILES string of the molecule is CCNc1ncnc(N2CCCCC2CC)c1N. The Hall–Kier alpha value is -1.52. The smallest absolute Gasteiger partial charge is 0.157 e. The summed E-state index contributed by atoms with van der Waals surface area (Å²) in [6.07, 6.45) is 6.50. The molecule has 0 aromatic carbocycles. The number of hydrogen-bond acceptors (Lipinski definition) is 5. The van der Waals surface area contributed by atoms with E-state index in [1.807, 2.05) is 6.92 Å². The molecule has 0 bridgehead atoms. The van der Waals surface area contributed by atoms with E-state index in [1.54, 1.807) is 6.33 Å². The van der Waals surface area contributed by atoms with E-state index >= 15 is 0 Å². The normalized spacial score (nSPS) is 19.9. The predicted molar refractivity (Wildman–Crippen MR) is 75.9 cm³/mol. The van der Waals surface area contributed by atoms with Gasteiger partial charge in [-0.05, 0) is 32.6 Å². The summed E-state index contributed by atoms with van der Waals surface area (Å²) in [5.74, 6) is 1.65. The Morgan fingerprint density at radius 3 is 2.94 bits per heavy atom. The van der Waals surface area contributed by atoms with Gasteiger partial charge in [0.1, 0.15) is 12.0 Å². The maximum Gasteiger partial charge on any atom is 0.157 e. The molecule has 1 unspecified atom stereocenters. The largest absolute Gasteiger partial charge is 0.393 e. The lowest BCUT2D eigenvalue weighted by atomic mass is 10.00. The van der Waals surface area contributed by atoms with Crippen LogP contribution in [0.1, 0.15) is 39.5 Å². The first-order valence-corrected chi connectivity index (χ1v) is 6.88. The van der Waals surface area contributed by atoms with Crippen molar-refractivity contribution in [3.63, 3.8) is 0 Å². The zero-order valence-corrected chi connectivity index (χ0v) is 11.3. The summed E-state index contributed by atoms with van der Waals surface area (Å²) in [7, 11) is 0. The quantitative estimate of drug-likeness (QED) is 0.856. The molecule has 3 N–H and O–H groups in total. The topological polar surface area (TPSA) is 67.1 Å². The van der Waals surface area contributed by atoms with Crippen LogP contribution in [0.3, 0.4) is 0 Å². The molecule has 0 amide bonds. The van der Waals surface area contributed by atoms with Gasteiger partial charge in [-0.25, -0.2) is 9.97 Å². The van der Waals surface area contributed by atoms with Gasteiger partial charge >= 0.3 is 0 Å². The lowest BCUT2D eigenvalue weighted by molar-refractivity contribution is 0.447. The van der Waals surface area contributed by atoms with Crippen LogP contribution in [0.2, 0.25) is 0 Å². The minimum Gasteiger partial charge on any atom is -0.393 e. The average molecular weight is 249 g/mol. The zero-order chi connectivity index (χ0) is 13.0. The first kappa shape index (κ1) is 12.9. The van der Waals surface area contributed by atoms with E-state index in [2.05, 4.69) is 27.1 Å². The first-order chi connectivity index (χ1) is 8.77. The highest BCUT2D eigenvalue weighted by Crippen LogP contribution is 2.31. The standard InChI is InChI=1S/C13H23N5/c1-3-10-7-5-6-8-18(10)13-11(14)12(15-4-2)16-9-17-13/h9-10H,3-8,14H2,1-2H3,(H,15,16,17). The van der Waals surface area contributed by atoms with Gasteiger partial charge in [-0.2, -0.15) is 0 Å². The molecule has 0 aliphatic carbocycles. The molecule has 2 rings (SSSR count). The van der Waals surface area contributed by atoms with E-state index < -0.39 is 0 Å². The molecule has 0 radical (unpaired) electrons. The van der Waals surface area contributed by atoms with Crippen LogP contribution >= 0.6 is 0 Å². The van der Waals surface area contributed by atoms with E-state index in [9.17, 15) is 0 Å². The number of nitrogens with one attached hydrogen (secondary N) is 1. The number of nitrogens with two attached hydrogens (primary N) is 1. The van der Waals surface area contributed by atoms with Gasteiger partial charge in [-0.3, -0.25) is 0 Å². The summed E-state index contributed by atoms with van der Waals surface area (Å²) >= 11 is 0. The Kier molecular flexibility index (Phi) is 4.23. The molecule has 0 spiro atoms. The van der Waals surface area contributed by atoms with Crippen molar-refractivity contribution >= 4 is 17.3 Å². The summed E-state index contributed by atoms with van der Waals surface area (Å²) in [6, 6.07) is 0.561. The fourth-order valence-electron chi connectivity index (χ4n) is 2.63. The third kappa shape index (κ3) is 2.49. The van der Waals surface area contributed by atoms with E-state index in [4.69, 9.17) is 5.73 Å². The molecular formula is C13H23N5. The van der Waals surface area contributed by atoms with E-state index in [0.717, 1.165) is 31.1 Å². The number of rotatable bonds is 4. The molecule has 1 fully saturated rings. The van der Waals surface area contributed by atoms with Gasteiger partial charge in [0.2, 0.25) is 0 Å². The van der Waals surface area contributed by atoms with Crippen molar-refractivity contribution in [1.29, 1.82) is 0 Å². The summed E-state index contributed by atoms with van der Waals surface area (Å²) in [4.78, 5) is 10.9. The van der Waals surface area contributed by atoms with Gasteiger partial charge in [-0.15, -0.1) is 0 Å². The van der Waals surface area contributed by atoms with Crippen LogP contribution in [0, 0.1) is 0 Å². The van der Waals surface area contributed by atoms with Crippen molar-refractivity contribution in [2.24, 2.45) is 0 Å². The molecule has 1 saturated heterocycles. The molecule has 1 aromatic heterocycles. The second-order valence-corrected chi connectivity index (χ2v) is 4.74. The van der Waals surface area contributed by atoms with E-state index in [-0.39, 0.29) is 0 Å². The van der Waals surface area contributed by atoms with Gasteiger partial charge in [0.05, 0.1) is 0 Å². The fraction of sp³-hybridized carbons (Fsp3) is 0.692. The number of nitrogen functional groups attached to an aromatic ring is 1. The minimum atomic E-state index is 0.561. The summed E-state index contributed by atoms with van der Waals surface area (Å²) in [5, 5.41) is 3.19. The second kappa shape index (κ2) is 5.89. The predicted octanol–water partition coefficient (Wildman–Crippen LogP) is 2.26. The zero-order valence-electron chi connectivity index (χ0n) is 11.3. The van der Waals surface area contributed by atoms with Crippen molar-refractivity contribution in [2.45, 2.75) is 45.6 Å². The Labute approximate surface area is 109 Å². The molecule has 18 heavy (non-hydrogen) atoms. The van der Waals surface area contributed by atoms with Crippen molar-refractivity contribution in [1.82, 2.24) is 9.97 Å². The molecule has 1 aliphatic rings. The van der Waals surface area contributed by atoms with Crippen molar-refractivity contribution in [2.75, 3.05) is 29.0 Å². The molecule has 5 heteroatoms. The minimum absolute atomic E-state index is 0.561. The average Bonchev–Trinajstić information content (AvgIpc) is 2.41. The number of nitrogens with zero attached hydrogens (tertiary/aromatic N) is 3. The lowest BCUT2D eigenvalue weighted by Gasteiger charge is -2.36. The molecule has 5 nitrogen and oxygen atoms in total. The van der Waals surface area contributed by atoms with E-state index in [1.165, 1.54) is 19.3 Å². The Bertz CT molecular complexity index is 393. The number of anilines is 3. The van der Waals surface area contributed by atoms with Crippen LogP contribution in [0.25, 0.3) is 0 Å². The Morgan fingerprint density at radius 2 is 2.22 bits per heavy atom. The van der Waals surface area contributed by atoms with Crippen molar-refractivity contribution in [3.8, 4) is 0 Å². The third-order valence-electron chi connectivity index (χ3n) is 3.58. The Balaban J connectivity index is 2.28. The molecular weight excluding hydrogens is 226 g/mol. The van der Waals surface area contributed by atoms with Gasteiger partial charge in [0, 0.05) is 19.1 Å². The van der Waals surface area contributed by atoms with Crippen LogP contribution in [0.4, 0.5) is 17.3 Å². The van der Waals surface area contributed by atoms with Crippen LogP contribution in [-0.4, -0.2) is 29.1 Å². The van der Waals surface area contributed by atoms with Crippen LogP contribution in [-0.2, 0) is 0 Å². The molecule has 0 saturated carbocycles. The maximum absolute atomic E-state index is 6.19. The highest BCUT2D eigenvalue weighted by molar-refractivity contribution is 5.75. The molecule has 1 aromatic rings.